The minimum atomic E-state index is -0.769. The molecule has 19 heavy (non-hydrogen) atoms. The maximum absolute atomic E-state index is 11.1. The first-order valence-electron chi connectivity index (χ1n) is 6.76. The van der Waals surface area contributed by atoms with Gasteiger partial charge in [0.1, 0.15) is 6.04 Å². The molecule has 0 radical (unpaired) electrons. The van der Waals surface area contributed by atoms with E-state index in [1.165, 1.54) is 0 Å². The van der Waals surface area contributed by atoms with Crippen LogP contribution in [0.15, 0.2) is 6.20 Å². The van der Waals surface area contributed by atoms with Crippen LogP contribution in [0.3, 0.4) is 0 Å². The quantitative estimate of drug-likeness (QED) is 0.807. The number of carboxylic acid groups (broad SMARTS) is 1. The molecule has 0 amide bonds. The third-order valence-corrected chi connectivity index (χ3v) is 4.29. The van der Waals surface area contributed by atoms with Crippen LogP contribution in [-0.2, 0) is 16.8 Å². The summed E-state index contributed by atoms with van der Waals surface area (Å²) >= 11 is 1.65. The van der Waals surface area contributed by atoms with Gasteiger partial charge in [-0.15, -0.1) is 11.3 Å². The minimum absolute atomic E-state index is 0.0529. The number of aromatic nitrogens is 1. The van der Waals surface area contributed by atoms with Crippen LogP contribution in [0.1, 0.15) is 56.8 Å². The normalized spacial score (nSPS) is 13.5. The summed E-state index contributed by atoms with van der Waals surface area (Å²) in [5.74, 6) is -0.769. The Balaban J connectivity index is 2.54. The van der Waals surface area contributed by atoms with Crippen molar-refractivity contribution in [3.05, 3.63) is 16.1 Å². The predicted molar refractivity (Wildman–Crippen MR) is 78.6 cm³/mol. The van der Waals surface area contributed by atoms with Gasteiger partial charge in [-0.2, -0.15) is 0 Å². The molecule has 0 aliphatic heterocycles. The van der Waals surface area contributed by atoms with Gasteiger partial charge in [-0.3, -0.25) is 10.1 Å². The van der Waals surface area contributed by atoms with E-state index in [2.05, 4.69) is 38.0 Å². The molecule has 1 atom stereocenters. The van der Waals surface area contributed by atoms with Gasteiger partial charge in [0.15, 0.2) is 0 Å². The van der Waals surface area contributed by atoms with Gasteiger partial charge in [-0.25, -0.2) is 4.98 Å². The van der Waals surface area contributed by atoms with Gasteiger partial charge in [-0.1, -0.05) is 40.5 Å². The fraction of sp³-hybridized carbons (Fsp3) is 0.714. The second-order valence-corrected chi connectivity index (χ2v) is 6.91. The fourth-order valence-electron chi connectivity index (χ4n) is 1.68. The van der Waals surface area contributed by atoms with Crippen molar-refractivity contribution >= 4 is 17.3 Å². The van der Waals surface area contributed by atoms with E-state index in [0.29, 0.717) is 13.0 Å². The van der Waals surface area contributed by atoms with Crippen molar-refractivity contribution < 1.29 is 9.90 Å². The third-order valence-electron chi connectivity index (χ3n) is 2.86. The van der Waals surface area contributed by atoms with E-state index in [1.54, 1.807) is 11.3 Å². The summed E-state index contributed by atoms with van der Waals surface area (Å²) in [4.78, 5) is 16.6. The topological polar surface area (TPSA) is 62.2 Å². The van der Waals surface area contributed by atoms with Crippen LogP contribution in [0, 0.1) is 0 Å². The maximum Gasteiger partial charge on any atom is 0.320 e. The Morgan fingerprint density at radius 2 is 2.21 bits per heavy atom. The van der Waals surface area contributed by atoms with Crippen molar-refractivity contribution in [2.24, 2.45) is 0 Å². The van der Waals surface area contributed by atoms with E-state index in [0.717, 1.165) is 22.7 Å². The first-order valence-corrected chi connectivity index (χ1v) is 7.57. The van der Waals surface area contributed by atoms with Crippen molar-refractivity contribution in [3.8, 4) is 0 Å². The van der Waals surface area contributed by atoms with E-state index in [9.17, 15) is 4.79 Å². The Labute approximate surface area is 119 Å². The van der Waals surface area contributed by atoms with Crippen LogP contribution in [-0.4, -0.2) is 22.1 Å². The second kappa shape index (κ2) is 7.01. The summed E-state index contributed by atoms with van der Waals surface area (Å²) in [5, 5.41) is 13.3. The van der Waals surface area contributed by atoms with Gasteiger partial charge in [0, 0.05) is 23.0 Å². The van der Waals surface area contributed by atoms with Crippen LogP contribution in [0.2, 0.25) is 0 Å². The molecular formula is C14H24N2O2S. The van der Waals surface area contributed by atoms with Gasteiger partial charge in [0.25, 0.3) is 0 Å². The minimum Gasteiger partial charge on any atom is -0.480 e. The zero-order valence-corrected chi connectivity index (χ0v) is 13.0. The smallest absolute Gasteiger partial charge is 0.320 e. The van der Waals surface area contributed by atoms with Crippen molar-refractivity contribution in [2.75, 3.05) is 0 Å². The Hall–Kier alpha value is -0.940. The van der Waals surface area contributed by atoms with Crippen molar-refractivity contribution in [2.45, 2.75) is 65.0 Å². The molecule has 0 aromatic carbocycles. The van der Waals surface area contributed by atoms with Crippen LogP contribution >= 0.6 is 11.3 Å². The number of nitrogens with one attached hydrogen (secondary N) is 1. The molecular weight excluding hydrogens is 260 g/mol. The average molecular weight is 284 g/mol. The Morgan fingerprint density at radius 3 is 2.68 bits per heavy atom. The highest BCUT2D eigenvalue weighted by Gasteiger charge is 2.19. The van der Waals surface area contributed by atoms with Gasteiger partial charge in [0.2, 0.25) is 0 Å². The summed E-state index contributed by atoms with van der Waals surface area (Å²) in [6.07, 6.45) is 4.47. The molecule has 1 aromatic heterocycles. The van der Waals surface area contributed by atoms with E-state index in [1.807, 2.05) is 6.20 Å². The molecule has 0 aliphatic rings. The van der Waals surface area contributed by atoms with E-state index in [4.69, 9.17) is 5.11 Å². The first kappa shape index (κ1) is 16.1. The SMILES string of the molecule is CCCC[C@H](NCc1cnc(C(C)(C)C)s1)C(=O)O. The molecule has 0 spiro atoms. The number of hydrogen-bond acceptors (Lipinski definition) is 4. The van der Waals surface area contributed by atoms with E-state index >= 15 is 0 Å². The highest BCUT2D eigenvalue weighted by Crippen LogP contribution is 2.26. The molecule has 0 unspecified atom stereocenters. The molecule has 5 heteroatoms. The number of rotatable bonds is 7. The lowest BCUT2D eigenvalue weighted by molar-refractivity contribution is -0.139. The molecule has 0 saturated heterocycles. The van der Waals surface area contributed by atoms with Crippen LogP contribution < -0.4 is 5.32 Å². The number of unbranched alkanes of at least 4 members (excludes halogenated alkanes) is 1. The van der Waals surface area contributed by atoms with Crippen molar-refractivity contribution in [1.82, 2.24) is 10.3 Å². The van der Waals surface area contributed by atoms with Gasteiger partial charge in [-0.05, 0) is 6.42 Å². The molecule has 0 bridgehead atoms. The summed E-state index contributed by atoms with van der Waals surface area (Å²) < 4.78 is 0. The summed E-state index contributed by atoms with van der Waals surface area (Å²) in [7, 11) is 0. The van der Waals surface area contributed by atoms with Gasteiger partial charge in [0.05, 0.1) is 5.01 Å². The van der Waals surface area contributed by atoms with Crippen LogP contribution in [0.5, 0.6) is 0 Å². The fourth-order valence-corrected chi connectivity index (χ4v) is 2.60. The molecule has 1 aromatic rings. The lowest BCUT2D eigenvalue weighted by Gasteiger charge is -2.14. The number of nitrogens with zero attached hydrogens (tertiary/aromatic N) is 1. The van der Waals surface area contributed by atoms with Crippen molar-refractivity contribution in [3.63, 3.8) is 0 Å². The monoisotopic (exact) mass is 284 g/mol. The number of aliphatic carboxylic acids is 1. The Kier molecular flexibility index (Phi) is 5.94. The summed E-state index contributed by atoms with van der Waals surface area (Å²) in [6, 6.07) is -0.458. The van der Waals surface area contributed by atoms with Crippen LogP contribution in [0.25, 0.3) is 0 Å². The highest BCUT2D eigenvalue weighted by molar-refractivity contribution is 7.11. The van der Waals surface area contributed by atoms with E-state index < -0.39 is 12.0 Å². The van der Waals surface area contributed by atoms with E-state index in [-0.39, 0.29) is 5.41 Å². The van der Waals surface area contributed by atoms with Gasteiger partial charge >= 0.3 is 5.97 Å². The first-order chi connectivity index (χ1) is 8.84. The zero-order chi connectivity index (χ0) is 14.5. The molecule has 1 heterocycles. The molecule has 4 nitrogen and oxygen atoms in total. The Bertz CT molecular complexity index is 410. The largest absolute Gasteiger partial charge is 0.480 e. The summed E-state index contributed by atoms with van der Waals surface area (Å²) in [5.41, 5.74) is 0.0529. The zero-order valence-electron chi connectivity index (χ0n) is 12.2. The predicted octanol–water partition coefficient (Wildman–Crippen LogP) is 3.17. The number of hydrogen-bond donors (Lipinski definition) is 2. The number of carboxylic acids is 1. The molecule has 0 saturated carbocycles. The molecule has 0 fully saturated rings. The number of thiazole rings is 1. The third kappa shape index (κ3) is 5.28. The molecule has 0 aliphatic carbocycles. The second-order valence-electron chi connectivity index (χ2n) is 5.80. The molecule has 1 rings (SSSR count). The molecule has 108 valence electrons. The maximum atomic E-state index is 11.1. The summed E-state index contributed by atoms with van der Waals surface area (Å²) in [6.45, 7) is 9.03. The Morgan fingerprint density at radius 1 is 1.53 bits per heavy atom. The lowest BCUT2D eigenvalue weighted by atomic mass is 9.98. The van der Waals surface area contributed by atoms with Gasteiger partial charge < -0.3 is 5.11 Å². The van der Waals surface area contributed by atoms with Crippen molar-refractivity contribution in [1.29, 1.82) is 0 Å². The van der Waals surface area contributed by atoms with Crippen LogP contribution in [0.4, 0.5) is 0 Å². The standard InChI is InChI=1S/C14H24N2O2S/c1-5-6-7-11(12(17)18)15-8-10-9-16-13(19-10)14(2,3)4/h9,11,15H,5-8H2,1-4H3,(H,17,18)/t11-/m0/s1. The lowest BCUT2D eigenvalue weighted by Crippen LogP contribution is -2.35. The highest BCUT2D eigenvalue weighted by atomic mass is 32.1. The number of carbonyl (C=O) groups is 1. The molecule has 2 N–H and O–H groups in total. The average Bonchev–Trinajstić information content (AvgIpc) is 2.77.